The molecule has 0 spiro atoms. The molecule has 0 saturated carbocycles. The first-order chi connectivity index (χ1) is 15.6. The maximum atomic E-state index is 12.9. The molecule has 2 N–H and O–H groups in total. The van der Waals surface area contributed by atoms with Gasteiger partial charge in [-0.25, -0.2) is 9.59 Å². The maximum Gasteiger partial charge on any atom is 0.318 e. The lowest BCUT2D eigenvalue weighted by molar-refractivity contribution is -0.866. The highest BCUT2D eigenvalue weighted by Gasteiger charge is 2.43. The highest BCUT2D eigenvalue weighted by Crippen LogP contribution is 2.25. The third-order valence-corrected chi connectivity index (χ3v) is 8.00. The second-order valence-corrected chi connectivity index (χ2v) is 11.4. The Balaban J connectivity index is 2.10. The van der Waals surface area contributed by atoms with Gasteiger partial charge in [-0.15, -0.1) is 0 Å². The Morgan fingerprint density at radius 1 is 0.618 bits per heavy atom. The van der Waals surface area contributed by atoms with Crippen LogP contribution in [0, 0.1) is 0 Å². The lowest BCUT2D eigenvalue weighted by atomic mass is 9.97. The van der Waals surface area contributed by atoms with Crippen LogP contribution in [0.25, 0.3) is 11.1 Å². The van der Waals surface area contributed by atoms with Crippen molar-refractivity contribution >= 4 is 11.8 Å². The number of nitrogens with zero attached hydrogens (tertiary/aromatic N) is 2. The van der Waals surface area contributed by atoms with E-state index in [-0.39, 0.29) is 34.0 Å². The number of rotatable bonds is 9. The molecule has 0 bridgehead atoms. The van der Waals surface area contributed by atoms with Gasteiger partial charge in [0.25, 0.3) is 0 Å². The fraction of sp³-hybridized carbons (Fsp3) is 0.500. The van der Waals surface area contributed by atoms with Crippen LogP contribution < -0.4 is 0 Å². The molecule has 2 aromatic rings. The Kier molecular flexibility index (Phi) is 8.26. The van der Waals surface area contributed by atoms with Gasteiger partial charge in [-0.2, -0.15) is 0 Å². The van der Waals surface area contributed by atoms with E-state index in [0.717, 1.165) is 22.3 Å². The molecule has 0 aliphatic rings. The molecule has 0 aliphatic heterocycles. The summed E-state index contributed by atoms with van der Waals surface area (Å²) in [5, 5.41) is 19.3. The Bertz CT molecular complexity index is 920. The summed E-state index contributed by atoms with van der Waals surface area (Å²) in [6, 6.07) is 15.9. The van der Waals surface area contributed by atoms with Gasteiger partial charge in [0.2, 0.25) is 0 Å². The zero-order valence-corrected chi connectivity index (χ0v) is 22.1. The first-order valence-corrected chi connectivity index (χ1v) is 11.7. The molecule has 2 rings (SSSR count). The molecule has 34 heavy (non-hydrogen) atoms. The summed E-state index contributed by atoms with van der Waals surface area (Å²) in [7, 11) is 7.35. The third-order valence-electron chi connectivity index (χ3n) is 8.00. The molecule has 0 fully saturated rings. The fourth-order valence-electron chi connectivity index (χ4n) is 3.40. The minimum absolute atomic E-state index is 0.0477. The molecule has 0 aromatic heterocycles. The average molecular weight is 471 g/mol. The van der Waals surface area contributed by atoms with E-state index in [4.69, 9.17) is 0 Å². The molecule has 6 heteroatoms. The molecule has 2 amide bonds. The Morgan fingerprint density at radius 3 is 1.12 bits per heavy atom. The van der Waals surface area contributed by atoms with Crippen LogP contribution in [0.5, 0.6) is 0 Å². The van der Waals surface area contributed by atoms with E-state index in [1.165, 1.54) is 0 Å². The van der Waals surface area contributed by atoms with Gasteiger partial charge in [0.1, 0.15) is 11.1 Å². The van der Waals surface area contributed by atoms with E-state index >= 15 is 0 Å². The van der Waals surface area contributed by atoms with E-state index in [9.17, 15) is 19.8 Å². The molecular formula is C28H42N2O4+2. The van der Waals surface area contributed by atoms with Gasteiger partial charge in [-0.1, -0.05) is 48.5 Å². The molecule has 6 nitrogen and oxygen atoms in total. The van der Waals surface area contributed by atoms with Crippen molar-refractivity contribution in [3.63, 3.8) is 0 Å². The molecule has 0 radical (unpaired) electrons. The number of aliphatic hydroxyl groups excluding tert-OH is 2. The van der Waals surface area contributed by atoms with Gasteiger partial charge in [0.05, 0.1) is 54.2 Å². The van der Waals surface area contributed by atoms with Crippen molar-refractivity contribution in [3.8, 4) is 11.1 Å². The quantitative estimate of drug-likeness (QED) is 0.552. The number of benzene rings is 2. The number of carbonyl (C=O) groups excluding carboxylic acids is 2. The summed E-state index contributed by atoms with van der Waals surface area (Å²) in [5.41, 5.74) is 2.83. The number of likely N-dealkylation sites (N-methyl/N-ethyl adjacent to an activating group) is 2. The second-order valence-electron chi connectivity index (χ2n) is 11.4. The van der Waals surface area contributed by atoms with E-state index in [1.54, 1.807) is 0 Å². The van der Waals surface area contributed by atoms with E-state index in [0.29, 0.717) is 12.8 Å². The predicted molar refractivity (Wildman–Crippen MR) is 136 cm³/mol. The summed E-state index contributed by atoms with van der Waals surface area (Å²) in [4.78, 5) is 25.8. The van der Waals surface area contributed by atoms with Crippen molar-refractivity contribution < 1.29 is 28.8 Å². The van der Waals surface area contributed by atoms with Crippen LogP contribution in [0.2, 0.25) is 0 Å². The number of hydrogen-bond acceptors (Lipinski definition) is 4. The van der Waals surface area contributed by atoms with Crippen molar-refractivity contribution in [1.29, 1.82) is 0 Å². The van der Waals surface area contributed by atoms with Gasteiger partial charge in [-0.05, 0) is 49.9 Å². The van der Waals surface area contributed by atoms with Crippen molar-refractivity contribution in [3.05, 3.63) is 59.7 Å². The number of hydrogen-bond donors (Lipinski definition) is 2. The topological polar surface area (TPSA) is 74.6 Å². The Morgan fingerprint density at radius 2 is 0.882 bits per heavy atom. The minimum atomic E-state index is -0.553. The smallest absolute Gasteiger partial charge is 0.318 e. The summed E-state index contributed by atoms with van der Waals surface area (Å²) in [5.74, 6) is 0.0954. The molecule has 2 aromatic carbocycles. The van der Waals surface area contributed by atoms with Crippen molar-refractivity contribution in [2.45, 2.75) is 51.6 Å². The van der Waals surface area contributed by atoms with Gasteiger partial charge < -0.3 is 10.2 Å². The zero-order chi connectivity index (χ0) is 25.9. The lowest BCUT2D eigenvalue weighted by Crippen LogP contribution is -2.61. The lowest BCUT2D eigenvalue weighted by Gasteiger charge is -2.41. The molecule has 0 aliphatic carbocycles. The van der Waals surface area contributed by atoms with Crippen LogP contribution >= 0.6 is 0 Å². The predicted octanol–water partition coefficient (Wildman–Crippen LogP) is 3.19. The van der Waals surface area contributed by atoms with Gasteiger partial charge in [0, 0.05) is 0 Å². The van der Waals surface area contributed by atoms with Crippen LogP contribution in [0.1, 0.15) is 38.8 Å². The van der Waals surface area contributed by atoms with Crippen LogP contribution in [0.15, 0.2) is 48.5 Å². The number of quaternary nitrogens is 2. The molecule has 0 unspecified atom stereocenters. The first kappa shape index (κ1) is 27.9. The van der Waals surface area contributed by atoms with Crippen molar-refractivity contribution in [2.24, 2.45) is 0 Å². The van der Waals surface area contributed by atoms with E-state index < -0.39 is 11.1 Å². The summed E-state index contributed by atoms with van der Waals surface area (Å²) < 4.78 is 0.215. The van der Waals surface area contributed by atoms with Crippen LogP contribution in [0.3, 0.4) is 0 Å². The normalized spacial score (nSPS) is 13.1. The average Bonchev–Trinajstić information content (AvgIpc) is 2.79. The standard InChI is InChI=1S/C28H42N2O4/c1-27(2,19-31)29(5,6)25(33)17-21-9-13-23(14-10-21)24-15-11-22(12-16-24)18-26(34)30(7,8)28(3,4)20-32/h9-16,31-32H,17-20H2,1-8H3/q+2. The third kappa shape index (κ3) is 5.63. The van der Waals surface area contributed by atoms with Crippen molar-refractivity contribution in [1.82, 2.24) is 0 Å². The Labute approximate surface area is 204 Å². The molecule has 0 heterocycles. The van der Waals surface area contributed by atoms with Gasteiger partial charge in [-0.3, -0.25) is 8.97 Å². The summed E-state index contributed by atoms with van der Waals surface area (Å²) in [6.07, 6.45) is 0.603. The fourth-order valence-corrected chi connectivity index (χ4v) is 3.40. The number of aliphatic hydroxyl groups is 2. The highest BCUT2D eigenvalue weighted by atomic mass is 16.3. The first-order valence-electron chi connectivity index (χ1n) is 11.7. The SMILES string of the molecule is CC(C)(CO)[N+](C)(C)C(=O)Cc1ccc(-c2ccc(CC(=O)[N+](C)(C)C(C)(C)CO)cc2)cc1. The number of amides is 2. The van der Waals surface area contributed by atoms with Crippen LogP contribution in [-0.2, 0) is 22.4 Å². The largest absolute Gasteiger partial charge is 0.390 e. The molecule has 0 saturated heterocycles. The van der Waals surface area contributed by atoms with E-state index in [2.05, 4.69) is 0 Å². The zero-order valence-electron chi connectivity index (χ0n) is 22.1. The van der Waals surface area contributed by atoms with E-state index in [1.807, 2.05) is 104 Å². The molecule has 0 atom stereocenters. The second kappa shape index (κ2) is 10.1. The molecular weight excluding hydrogens is 428 g/mol. The van der Waals surface area contributed by atoms with Gasteiger partial charge in [0.15, 0.2) is 0 Å². The highest BCUT2D eigenvalue weighted by molar-refractivity contribution is 5.74. The van der Waals surface area contributed by atoms with Crippen LogP contribution in [0.4, 0.5) is 0 Å². The number of carbonyl (C=O) groups is 2. The summed E-state index contributed by atoms with van der Waals surface area (Å²) >= 11 is 0. The maximum absolute atomic E-state index is 12.9. The summed E-state index contributed by atoms with van der Waals surface area (Å²) in [6.45, 7) is 7.42. The van der Waals surface area contributed by atoms with Crippen molar-refractivity contribution in [2.75, 3.05) is 41.4 Å². The minimum Gasteiger partial charge on any atom is -0.390 e. The Hall–Kier alpha value is -2.38. The monoisotopic (exact) mass is 470 g/mol. The van der Waals surface area contributed by atoms with Gasteiger partial charge >= 0.3 is 11.8 Å². The molecule has 186 valence electrons. The van der Waals surface area contributed by atoms with Crippen LogP contribution in [-0.4, -0.2) is 83.5 Å².